The molecule has 0 amide bonds. The van der Waals surface area contributed by atoms with Gasteiger partial charge in [-0.1, -0.05) is 0 Å². The zero-order chi connectivity index (χ0) is 10.2. The normalized spacial score (nSPS) is 12.5. The second kappa shape index (κ2) is 2.97. The van der Waals surface area contributed by atoms with Gasteiger partial charge in [0.1, 0.15) is 17.5 Å². The molecule has 1 heterocycles. The largest absolute Gasteiger partial charge is 0.420 e. The minimum Gasteiger partial charge on any atom is -0.266 e. The van der Waals surface area contributed by atoms with Crippen molar-refractivity contribution in [1.29, 1.82) is 0 Å². The van der Waals surface area contributed by atoms with E-state index in [0.717, 1.165) is 7.05 Å². The topological polar surface area (TPSA) is 17.8 Å². The van der Waals surface area contributed by atoms with E-state index in [1.165, 1.54) is 6.20 Å². The molecule has 1 aromatic heterocycles. The Morgan fingerprint density at radius 1 is 1.38 bits per heavy atom. The summed E-state index contributed by atoms with van der Waals surface area (Å²) >= 11 is 0. The van der Waals surface area contributed by atoms with Gasteiger partial charge in [-0.25, -0.2) is 8.78 Å². The molecule has 0 N–H and O–H groups in total. The first-order chi connectivity index (χ1) is 5.84. The molecule has 0 fully saturated rings. The first-order valence-corrected chi connectivity index (χ1v) is 3.14. The van der Waals surface area contributed by atoms with Crippen LogP contribution in [-0.2, 0) is 13.2 Å². The van der Waals surface area contributed by atoms with E-state index in [0.29, 0.717) is 4.68 Å². The highest BCUT2D eigenvalue weighted by Crippen LogP contribution is 2.35. The summed E-state index contributed by atoms with van der Waals surface area (Å²) in [6.07, 6.45) is -6.54. The van der Waals surface area contributed by atoms with E-state index in [-0.39, 0.29) is 0 Å². The molecule has 13 heavy (non-hydrogen) atoms. The van der Waals surface area contributed by atoms with Crippen molar-refractivity contribution in [3.05, 3.63) is 17.5 Å². The van der Waals surface area contributed by atoms with Crippen LogP contribution >= 0.6 is 0 Å². The van der Waals surface area contributed by atoms with E-state index in [9.17, 15) is 22.0 Å². The molecule has 0 aliphatic carbocycles. The van der Waals surface area contributed by atoms with E-state index < -0.39 is 23.9 Å². The molecular formula is C6H4F5N2. The van der Waals surface area contributed by atoms with Crippen molar-refractivity contribution < 1.29 is 22.0 Å². The van der Waals surface area contributed by atoms with Crippen LogP contribution < -0.4 is 0 Å². The average molecular weight is 199 g/mol. The standard InChI is InChI=1S/C6H4F5N2/c1-13-4(5(7)8)3(2-12-13)6(9,10)11/h5H,1H3. The number of halogens is 5. The quantitative estimate of drug-likeness (QED) is 0.634. The van der Waals surface area contributed by atoms with E-state index in [1.54, 1.807) is 0 Å². The van der Waals surface area contributed by atoms with Crippen LogP contribution in [0.3, 0.4) is 0 Å². The number of nitrogens with zero attached hydrogens (tertiary/aromatic N) is 2. The Morgan fingerprint density at radius 3 is 2.23 bits per heavy atom. The van der Waals surface area contributed by atoms with Gasteiger partial charge in [0, 0.05) is 7.05 Å². The predicted octanol–water partition coefficient (Wildman–Crippen LogP) is 2.18. The maximum absolute atomic E-state index is 12.1. The molecule has 73 valence electrons. The Kier molecular flexibility index (Phi) is 2.27. The summed E-state index contributed by atoms with van der Waals surface area (Å²) in [4.78, 5) is 0. The van der Waals surface area contributed by atoms with Crippen molar-refractivity contribution in [3.63, 3.8) is 0 Å². The maximum atomic E-state index is 12.1. The Hall–Kier alpha value is -1.14. The first-order valence-electron chi connectivity index (χ1n) is 3.14. The third-order valence-corrected chi connectivity index (χ3v) is 1.41. The molecule has 0 spiro atoms. The summed E-state index contributed by atoms with van der Waals surface area (Å²) in [7, 11) is 1.01. The first kappa shape index (κ1) is 9.94. The van der Waals surface area contributed by atoms with Gasteiger partial charge in [0.2, 0.25) is 0 Å². The summed E-state index contributed by atoms with van der Waals surface area (Å²) in [6, 6.07) is 0. The zero-order valence-electron chi connectivity index (χ0n) is 6.36. The van der Waals surface area contributed by atoms with E-state index in [4.69, 9.17) is 0 Å². The lowest BCUT2D eigenvalue weighted by Crippen LogP contribution is -2.10. The molecule has 0 saturated heterocycles. The molecule has 1 radical (unpaired) electrons. The smallest absolute Gasteiger partial charge is 0.266 e. The second-order valence-corrected chi connectivity index (χ2v) is 2.29. The summed E-state index contributed by atoms with van der Waals surface area (Å²) in [5.41, 5.74) is -2.67. The van der Waals surface area contributed by atoms with Gasteiger partial charge in [-0.05, 0) is 0 Å². The molecule has 7 heteroatoms. The van der Waals surface area contributed by atoms with Gasteiger partial charge < -0.3 is 0 Å². The number of hydrogen-bond donors (Lipinski definition) is 0. The van der Waals surface area contributed by atoms with E-state index in [1.807, 2.05) is 0 Å². The Morgan fingerprint density at radius 2 is 1.92 bits per heavy atom. The molecule has 0 saturated carbocycles. The van der Waals surface area contributed by atoms with Crippen LogP contribution in [0.15, 0.2) is 0 Å². The van der Waals surface area contributed by atoms with Gasteiger partial charge in [0.15, 0.2) is 0 Å². The third-order valence-electron chi connectivity index (χ3n) is 1.41. The highest BCUT2D eigenvalue weighted by Gasteiger charge is 2.38. The molecule has 0 aliphatic rings. The van der Waals surface area contributed by atoms with Crippen LogP contribution in [0.4, 0.5) is 22.0 Å². The number of alkyl halides is 5. The van der Waals surface area contributed by atoms with Crippen LogP contribution in [0.2, 0.25) is 0 Å². The molecule has 0 atom stereocenters. The van der Waals surface area contributed by atoms with E-state index >= 15 is 0 Å². The molecule has 1 aromatic rings. The predicted molar refractivity (Wildman–Crippen MR) is 32.0 cm³/mol. The number of rotatable bonds is 1. The molecule has 0 aromatic carbocycles. The lowest BCUT2D eigenvalue weighted by molar-refractivity contribution is -0.139. The van der Waals surface area contributed by atoms with Gasteiger partial charge in [-0.15, -0.1) is 0 Å². The van der Waals surface area contributed by atoms with E-state index in [2.05, 4.69) is 5.10 Å². The fraction of sp³-hybridized carbons (Fsp3) is 0.500. The molecular weight excluding hydrogens is 195 g/mol. The SMILES string of the molecule is Cn1n[c]c(C(F)(F)F)c1C(F)F. The van der Waals surface area contributed by atoms with Gasteiger partial charge in [-0.3, -0.25) is 4.68 Å². The molecule has 0 aliphatic heterocycles. The van der Waals surface area contributed by atoms with Crippen molar-refractivity contribution in [1.82, 2.24) is 9.78 Å². The van der Waals surface area contributed by atoms with Gasteiger partial charge in [-0.2, -0.15) is 18.3 Å². The van der Waals surface area contributed by atoms with Crippen LogP contribution in [-0.4, -0.2) is 9.78 Å². The highest BCUT2D eigenvalue weighted by atomic mass is 19.4. The van der Waals surface area contributed by atoms with Gasteiger partial charge in [0.05, 0.1) is 0 Å². The minimum atomic E-state index is -4.83. The van der Waals surface area contributed by atoms with Crippen molar-refractivity contribution in [2.45, 2.75) is 12.6 Å². The summed E-state index contributed by atoms with van der Waals surface area (Å²) in [5.74, 6) is 0. The summed E-state index contributed by atoms with van der Waals surface area (Å²) in [6.45, 7) is 0. The summed E-state index contributed by atoms with van der Waals surface area (Å²) < 4.78 is 60.6. The fourth-order valence-corrected chi connectivity index (χ4v) is 0.857. The van der Waals surface area contributed by atoms with Crippen LogP contribution in [0.1, 0.15) is 17.7 Å². The van der Waals surface area contributed by atoms with Crippen LogP contribution in [0.5, 0.6) is 0 Å². The monoisotopic (exact) mass is 199 g/mol. The van der Waals surface area contributed by atoms with Crippen molar-refractivity contribution in [2.24, 2.45) is 7.05 Å². The third kappa shape index (κ3) is 1.78. The average Bonchev–Trinajstić information content (AvgIpc) is 2.28. The summed E-state index contributed by atoms with van der Waals surface area (Å²) in [5, 5.41) is 3.00. The van der Waals surface area contributed by atoms with Gasteiger partial charge >= 0.3 is 6.18 Å². The zero-order valence-corrected chi connectivity index (χ0v) is 6.36. The Balaban J connectivity index is 3.23. The molecule has 0 bridgehead atoms. The van der Waals surface area contributed by atoms with Crippen LogP contribution in [0.25, 0.3) is 0 Å². The number of aryl methyl sites for hydroxylation is 1. The second-order valence-electron chi connectivity index (χ2n) is 2.29. The minimum absolute atomic E-state index is 0.466. The number of hydrogen-bond acceptors (Lipinski definition) is 1. The van der Waals surface area contributed by atoms with Crippen molar-refractivity contribution >= 4 is 0 Å². The molecule has 2 nitrogen and oxygen atoms in total. The fourth-order valence-electron chi connectivity index (χ4n) is 0.857. The lowest BCUT2D eigenvalue weighted by atomic mass is 10.2. The van der Waals surface area contributed by atoms with Crippen LogP contribution in [0, 0.1) is 6.20 Å². The molecule has 1 rings (SSSR count). The van der Waals surface area contributed by atoms with Crippen molar-refractivity contribution in [2.75, 3.05) is 0 Å². The maximum Gasteiger partial charge on any atom is 0.420 e. The van der Waals surface area contributed by atoms with Crippen molar-refractivity contribution in [3.8, 4) is 0 Å². The lowest BCUT2D eigenvalue weighted by Gasteiger charge is -2.07. The Bertz CT molecular complexity index is 300. The van der Waals surface area contributed by atoms with Gasteiger partial charge in [0.25, 0.3) is 6.43 Å². The molecule has 0 unspecified atom stereocenters. The Labute approximate surface area is 70.0 Å². The highest BCUT2D eigenvalue weighted by molar-refractivity contribution is 5.20. The number of aromatic nitrogens is 2.